The van der Waals surface area contributed by atoms with Crippen molar-refractivity contribution in [2.45, 2.75) is 103 Å². The van der Waals surface area contributed by atoms with E-state index in [1.807, 2.05) is 60.7 Å². The van der Waals surface area contributed by atoms with Crippen LogP contribution >= 0.6 is 7.60 Å². The monoisotopic (exact) mass is 644 g/mol. The zero-order chi connectivity index (χ0) is 32.3. The van der Waals surface area contributed by atoms with Crippen LogP contribution in [0.25, 0.3) is 0 Å². The molecule has 45 heavy (non-hydrogen) atoms. The Morgan fingerprint density at radius 1 is 0.911 bits per heavy atom. The summed E-state index contributed by atoms with van der Waals surface area (Å²) in [7, 11) is -3.73. The van der Waals surface area contributed by atoms with Crippen molar-refractivity contribution in [2.24, 2.45) is 0 Å². The number of amides is 2. The summed E-state index contributed by atoms with van der Waals surface area (Å²) in [4.78, 5) is 39.1. The Morgan fingerprint density at radius 3 is 2.22 bits per heavy atom. The fourth-order valence-corrected chi connectivity index (χ4v) is 7.12. The highest BCUT2D eigenvalue weighted by atomic mass is 31.2. The van der Waals surface area contributed by atoms with Crippen LogP contribution in [-0.4, -0.2) is 59.4 Å². The normalized spacial score (nSPS) is 16.6. The lowest BCUT2D eigenvalue weighted by molar-refractivity contribution is -0.151. The largest absolute Gasteiger partial charge is 0.480 e. The molecule has 1 heterocycles. The number of rotatable bonds is 21. The molecule has 0 bridgehead atoms. The molecule has 2 aromatic rings. The number of carboxylic acid groups (broad SMARTS) is 1. The fourth-order valence-electron chi connectivity index (χ4n) is 5.29. The fraction of sp³-hybridized carbons (Fsp3) is 0.559. The third kappa shape index (κ3) is 13.4. The van der Waals surface area contributed by atoms with Gasteiger partial charge in [0.05, 0.1) is 12.8 Å². The van der Waals surface area contributed by atoms with Crippen molar-refractivity contribution in [3.8, 4) is 0 Å². The summed E-state index contributed by atoms with van der Waals surface area (Å²) >= 11 is 0. The van der Waals surface area contributed by atoms with Crippen molar-refractivity contribution >= 4 is 25.6 Å². The molecule has 11 heteroatoms. The zero-order valence-corrected chi connectivity index (χ0v) is 27.3. The summed E-state index contributed by atoms with van der Waals surface area (Å²) in [6.07, 6.45) is 6.54. The highest BCUT2D eigenvalue weighted by Crippen LogP contribution is 2.52. The minimum Gasteiger partial charge on any atom is -0.480 e. The highest BCUT2D eigenvalue weighted by Gasteiger charge is 2.40. The maximum atomic E-state index is 14.2. The third-order valence-corrected chi connectivity index (χ3v) is 9.78. The molecule has 1 aliphatic heterocycles. The third-order valence-electron chi connectivity index (χ3n) is 7.82. The number of benzene rings is 2. The summed E-state index contributed by atoms with van der Waals surface area (Å²) in [5, 5.41) is 12.4. The van der Waals surface area contributed by atoms with E-state index >= 15 is 0 Å². The lowest BCUT2D eigenvalue weighted by Crippen LogP contribution is -2.46. The number of hydrogen-bond donors (Lipinski definition) is 2. The van der Waals surface area contributed by atoms with Crippen LogP contribution in [0.2, 0.25) is 0 Å². The van der Waals surface area contributed by atoms with E-state index in [1.165, 1.54) is 4.90 Å². The van der Waals surface area contributed by atoms with Gasteiger partial charge in [0, 0.05) is 13.1 Å². The number of likely N-dealkylation sites (tertiary alicyclic amines) is 1. The molecule has 1 aliphatic rings. The predicted octanol–water partition coefficient (Wildman–Crippen LogP) is 7.31. The van der Waals surface area contributed by atoms with Crippen molar-refractivity contribution in [3.63, 3.8) is 0 Å². The molecule has 0 aromatic heterocycles. The molecule has 1 fully saturated rings. The first-order valence-electron chi connectivity index (χ1n) is 16.2. The van der Waals surface area contributed by atoms with Crippen molar-refractivity contribution in [1.82, 2.24) is 10.2 Å². The van der Waals surface area contributed by atoms with E-state index in [4.69, 9.17) is 13.8 Å². The molecule has 248 valence electrons. The Morgan fingerprint density at radius 2 is 1.56 bits per heavy atom. The minimum atomic E-state index is -3.73. The van der Waals surface area contributed by atoms with Gasteiger partial charge in [-0.25, -0.2) is 9.59 Å². The Kier molecular flexibility index (Phi) is 16.1. The number of aliphatic carboxylic acids is 1. The smallest absolute Gasteiger partial charge is 0.407 e. The molecule has 1 unspecified atom stereocenters. The van der Waals surface area contributed by atoms with Gasteiger partial charge < -0.3 is 24.6 Å². The zero-order valence-electron chi connectivity index (χ0n) is 26.4. The van der Waals surface area contributed by atoms with E-state index in [0.29, 0.717) is 45.2 Å². The molecule has 2 N–H and O–H groups in total. The van der Waals surface area contributed by atoms with E-state index in [-0.39, 0.29) is 25.8 Å². The van der Waals surface area contributed by atoms with Gasteiger partial charge in [0.1, 0.15) is 18.8 Å². The number of carbonyl (C=O) groups is 3. The number of alkyl carbamates (subject to hydrolysis) is 1. The van der Waals surface area contributed by atoms with Crippen LogP contribution in [0.1, 0.15) is 88.7 Å². The number of carbonyl (C=O) groups excluding carboxylic acids is 2. The molecule has 0 spiro atoms. The van der Waals surface area contributed by atoms with Gasteiger partial charge in [-0.3, -0.25) is 13.9 Å². The topological polar surface area (TPSA) is 131 Å². The van der Waals surface area contributed by atoms with Crippen LogP contribution in [-0.2, 0) is 41.2 Å². The van der Waals surface area contributed by atoms with Crippen molar-refractivity contribution in [3.05, 3.63) is 71.8 Å². The first-order valence-corrected chi connectivity index (χ1v) is 18.0. The molecule has 0 radical (unpaired) electrons. The quantitative estimate of drug-likeness (QED) is 0.107. The Bertz CT molecular complexity index is 1210. The van der Waals surface area contributed by atoms with Crippen LogP contribution in [0.15, 0.2) is 60.7 Å². The Hall–Kier alpha value is -3.20. The molecular formula is C34H49N2O8P. The lowest BCUT2D eigenvalue weighted by Gasteiger charge is -2.29. The molecule has 10 nitrogen and oxygen atoms in total. The van der Waals surface area contributed by atoms with E-state index in [2.05, 4.69) is 12.2 Å². The molecule has 2 amide bonds. The molecule has 3 rings (SSSR count). The second kappa shape index (κ2) is 20.0. The van der Waals surface area contributed by atoms with Gasteiger partial charge in [-0.05, 0) is 49.7 Å². The number of nitrogens with zero attached hydrogens (tertiary/aromatic N) is 1. The average molecular weight is 645 g/mol. The second-order valence-electron chi connectivity index (χ2n) is 11.5. The average Bonchev–Trinajstić information content (AvgIpc) is 3.55. The first kappa shape index (κ1) is 36.3. The van der Waals surface area contributed by atoms with Crippen molar-refractivity contribution in [2.75, 3.05) is 19.3 Å². The van der Waals surface area contributed by atoms with Gasteiger partial charge in [0.15, 0.2) is 0 Å². The number of nitrogens with one attached hydrogen (secondary N) is 1. The molecular weight excluding hydrogens is 595 g/mol. The van der Waals surface area contributed by atoms with Crippen LogP contribution in [0.4, 0.5) is 4.79 Å². The Balaban J connectivity index is 1.62. The maximum absolute atomic E-state index is 14.2. The summed E-state index contributed by atoms with van der Waals surface area (Å²) in [6, 6.07) is 17.8. The molecule has 3 atom stereocenters. The van der Waals surface area contributed by atoms with Crippen LogP contribution in [0, 0.1) is 0 Å². The Labute approximate surface area is 267 Å². The maximum Gasteiger partial charge on any atom is 0.407 e. The van der Waals surface area contributed by atoms with Crippen LogP contribution < -0.4 is 5.32 Å². The molecule has 0 aliphatic carbocycles. The van der Waals surface area contributed by atoms with Crippen molar-refractivity contribution in [1.29, 1.82) is 0 Å². The first-order chi connectivity index (χ1) is 21.8. The molecule has 0 saturated carbocycles. The minimum absolute atomic E-state index is 0.0747. The standard InChI is InChI=1S/C34H49N2O8P/c1-2-3-4-5-6-15-25-45(41,43-27-29-19-11-8-12-20-29)44-31(32(37)36-24-16-21-30(36)33(38)39)22-13-14-23-35-34(40)42-26-28-17-9-7-10-18-28/h7-12,17-20,30-31H,2-6,13-16,21-27H2,1H3,(H,35,40)(H,38,39)/t30-,31-,45?/m0/s1. The van der Waals surface area contributed by atoms with Gasteiger partial charge in [-0.2, -0.15) is 0 Å². The van der Waals surface area contributed by atoms with E-state index in [0.717, 1.165) is 43.2 Å². The van der Waals surface area contributed by atoms with Gasteiger partial charge in [0.2, 0.25) is 0 Å². The second-order valence-corrected chi connectivity index (χ2v) is 13.6. The summed E-state index contributed by atoms with van der Waals surface area (Å²) < 4.78 is 31.5. The summed E-state index contributed by atoms with van der Waals surface area (Å²) in [5.74, 6) is -1.55. The molecule has 1 saturated heterocycles. The van der Waals surface area contributed by atoms with Crippen LogP contribution in [0.5, 0.6) is 0 Å². The van der Waals surface area contributed by atoms with E-state index < -0.39 is 37.7 Å². The van der Waals surface area contributed by atoms with Crippen LogP contribution in [0.3, 0.4) is 0 Å². The van der Waals surface area contributed by atoms with Gasteiger partial charge in [-0.15, -0.1) is 0 Å². The van der Waals surface area contributed by atoms with E-state index in [1.54, 1.807) is 0 Å². The lowest BCUT2D eigenvalue weighted by atomic mass is 10.1. The number of ether oxygens (including phenoxy) is 1. The number of hydrogen-bond acceptors (Lipinski definition) is 7. The highest BCUT2D eigenvalue weighted by molar-refractivity contribution is 7.53. The number of carboxylic acids is 1. The predicted molar refractivity (Wildman–Crippen MR) is 173 cm³/mol. The SMILES string of the molecule is CCCCCCCCP(=O)(OCc1ccccc1)O[C@@H](CCCCNC(=O)OCc1ccccc1)C(=O)N1CCC[C@H]1C(=O)O. The van der Waals surface area contributed by atoms with Crippen molar-refractivity contribution < 1.29 is 37.8 Å². The summed E-state index contributed by atoms with van der Waals surface area (Å²) in [5.41, 5.74) is 1.72. The van der Waals surface area contributed by atoms with Gasteiger partial charge >= 0.3 is 19.7 Å². The molecule has 2 aromatic carbocycles. The van der Waals surface area contributed by atoms with Gasteiger partial charge in [-0.1, -0.05) is 99.7 Å². The number of unbranched alkanes of at least 4 members (excludes halogenated alkanes) is 6. The summed E-state index contributed by atoms with van der Waals surface area (Å²) in [6.45, 7) is 3.01. The van der Waals surface area contributed by atoms with E-state index in [9.17, 15) is 24.1 Å². The van der Waals surface area contributed by atoms with Gasteiger partial charge in [0.25, 0.3) is 5.91 Å².